The van der Waals surface area contributed by atoms with Crippen LogP contribution >= 0.6 is 0 Å². The van der Waals surface area contributed by atoms with Crippen molar-refractivity contribution in [3.8, 4) is 11.3 Å². The van der Waals surface area contributed by atoms with Gasteiger partial charge in [0.2, 0.25) is 5.91 Å². The summed E-state index contributed by atoms with van der Waals surface area (Å²) in [5.74, 6) is -0.379. The van der Waals surface area contributed by atoms with Crippen molar-refractivity contribution in [1.82, 2.24) is 14.8 Å². The largest absolute Gasteiger partial charge is 0.462 e. The molecule has 6 nitrogen and oxygen atoms in total. The standard InChI is InChI=1S/C26H37N3O3/c1-5-22-14-10-11-16-28(22)17-15-27-23(30)18-29-20(4)24(26(31)32-6-2)19(3)25(29)21-12-8-7-9-13-21/h7-9,12-13,22H,5-6,10-11,14-18H2,1-4H3,(H,27,30). The van der Waals surface area contributed by atoms with E-state index in [2.05, 4.69) is 17.1 Å². The van der Waals surface area contributed by atoms with Gasteiger partial charge in [-0.2, -0.15) is 0 Å². The normalized spacial score (nSPS) is 16.7. The van der Waals surface area contributed by atoms with Crippen molar-refractivity contribution in [2.75, 3.05) is 26.2 Å². The van der Waals surface area contributed by atoms with E-state index < -0.39 is 0 Å². The number of likely N-dealkylation sites (tertiary alicyclic amines) is 1. The number of hydrogen-bond acceptors (Lipinski definition) is 4. The fourth-order valence-corrected chi connectivity index (χ4v) is 4.92. The first-order valence-electron chi connectivity index (χ1n) is 11.9. The molecule has 1 fully saturated rings. The van der Waals surface area contributed by atoms with Gasteiger partial charge in [-0.05, 0) is 57.7 Å². The molecule has 32 heavy (non-hydrogen) atoms. The summed E-state index contributed by atoms with van der Waals surface area (Å²) < 4.78 is 7.24. The van der Waals surface area contributed by atoms with E-state index in [1.165, 1.54) is 19.3 Å². The summed E-state index contributed by atoms with van der Waals surface area (Å²) in [6.07, 6.45) is 4.96. The second-order valence-corrected chi connectivity index (χ2v) is 8.55. The zero-order valence-electron chi connectivity index (χ0n) is 19.9. The average molecular weight is 440 g/mol. The van der Waals surface area contributed by atoms with Crippen LogP contribution in [0.3, 0.4) is 0 Å². The van der Waals surface area contributed by atoms with E-state index >= 15 is 0 Å². The van der Waals surface area contributed by atoms with E-state index in [4.69, 9.17) is 4.74 Å². The predicted molar refractivity (Wildman–Crippen MR) is 128 cm³/mol. The van der Waals surface area contributed by atoms with Gasteiger partial charge in [-0.3, -0.25) is 9.69 Å². The zero-order valence-corrected chi connectivity index (χ0v) is 19.9. The second-order valence-electron chi connectivity index (χ2n) is 8.55. The van der Waals surface area contributed by atoms with Crippen molar-refractivity contribution in [2.24, 2.45) is 0 Å². The van der Waals surface area contributed by atoms with E-state index in [1.54, 1.807) is 6.92 Å². The molecule has 1 aliphatic heterocycles. The molecule has 1 saturated heterocycles. The van der Waals surface area contributed by atoms with Crippen molar-refractivity contribution < 1.29 is 14.3 Å². The lowest BCUT2D eigenvalue weighted by Crippen LogP contribution is -2.44. The molecule has 1 N–H and O–H groups in total. The molecule has 2 aromatic rings. The van der Waals surface area contributed by atoms with Crippen LogP contribution < -0.4 is 5.32 Å². The Bertz CT molecular complexity index is 920. The van der Waals surface area contributed by atoms with Gasteiger partial charge >= 0.3 is 5.97 Å². The molecule has 6 heteroatoms. The van der Waals surface area contributed by atoms with E-state index in [0.29, 0.717) is 24.8 Å². The number of ether oxygens (including phenoxy) is 1. The van der Waals surface area contributed by atoms with E-state index in [-0.39, 0.29) is 18.4 Å². The quantitative estimate of drug-likeness (QED) is 0.591. The molecule has 1 aromatic carbocycles. The molecule has 1 aliphatic rings. The maximum absolute atomic E-state index is 12.9. The molecule has 174 valence electrons. The summed E-state index contributed by atoms with van der Waals surface area (Å²) >= 11 is 0. The molecule has 0 saturated carbocycles. The number of hydrogen-bond donors (Lipinski definition) is 1. The lowest BCUT2D eigenvalue weighted by molar-refractivity contribution is -0.121. The Morgan fingerprint density at radius 1 is 1.12 bits per heavy atom. The number of nitrogens with zero attached hydrogens (tertiary/aromatic N) is 2. The van der Waals surface area contributed by atoms with Gasteiger partial charge < -0.3 is 14.6 Å². The average Bonchev–Trinajstić information content (AvgIpc) is 3.04. The van der Waals surface area contributed by atoms with E-state index in [1.807, 2.05) is 48.7 Å². The summed E-state index contributed by atoms with van der Waals surface area (Å²) in [6.45, 7) is 11.0. The minimum Gasteiger partial charge on any atom is -0.462 e. The molecule has 1 atom stereocenters. The highest BCUT2D eigenvalue weighted by Crippen LogP contribution is 2.31. The van der Waals surface area contributed by atoms with Crippen LogP contribution in [0.5, 0.6) is 0 Å². The summed E-state index contributed by atoms with van der Waals surface area (Å²) in [4.78, 5) is 28.0. The van der Waals surface area contributed by atoms with Crippen LogP contribution in [0.2, 0.25) is 0 Å². The Balaban J connectivity index is 1.76. The molecule has 0 aliphatic carbocycles. The first-order chi connectivity index (χ1) is 15.5. The van der Waals surface area contributed by atoms with Crippen LogP contribution in [-0.2, 0) is 16.1 Å². The Morgan fingerprint density at radius 3 is 2.56 bits per heavy atom. The second kappa shape index (κ2) is 11.3. The fraction of sp³-hybridized carbons (Fsp3) is 0.538. The van der Waals surface area contributed by atoms with Crippen LogP contribution in [0.1, 0.15) is 61.1 Å². The summed E-state index contributed by atoms with van der Waals surface area (Å²) in [5.41, 5.74) is 4.03. The number of esters is 1. The molecule has 3 rings (SSSR count). The fourth-order valence-electron chi connectivity index (χ4n) is 4.92. The SMILES string of the molecule is CCOC(=O)c1c(C)c(-c2ccccc2)n(CC(=O)NCCN2CCCCC2CC)c1C. The molecule has 1 unspecified atom stereocenters. The lowest BCUT2D eigenvalue weighted by Gasteiger charge is -2.35. The van der Waals surface area contributed by atoms with Crippen LogP contribution in [0.15, 0.2) is 30.3 Å². The Labute approximate surface area is 191 Å². The highest BCUT2D eigenvalue weighted by Gasteiger charge is 2.25. The minimum absolute atomic E-state index is 0.0410. The van der Waals surface area contributed by atoms with Crippen LogP contribution in [-0.4, -0.2) is 53.6 Å². The molecule has 0 radical (unpaired) electrons. The summed E-state index contributed by atoms with van der Waals surface area (Å²) in [6, 6.07) is 10.5. The number of carbonyl (C=O) groups excluding carboxylic acids is 2. The van der Waals surface area contributed by atoms with Gasteiger partial charge in [0.05, 0.1) is 17.9 Å². The maximum Gasteiger partial charge on any atom is 0.340 e. The Hall–Kier alpha value is -2.60. The number of aromatic nitrogens is 1. The van der Waals surface area contributed by atoms with Crippen LogP contribution in [0, 0.1) is 13.8 Å². The third-order valence-corrected chi connectivity index (χ3v) is 6.54. The Morgan fingerprint density at radius 2 is 1.88 bits per heavy atom. The van der Waals surface area contributed by atoms with Gasteiger partial charge in [-0.1, -0.05) is 43.7 Å². The van der Waals surface area contributed by atoms with E-state index in [9.17, 15) is 9.59 Å². The van der Waals surface area contributed by atoms with Crippen LogP contribution in [0.25, 0.3) is 11.3 Å². The molecule has 1 amide bonds. The lowest BCUT2D eigenvalue weighted by atomic mass is 10.0. The molecule has 0 bridgehead atoms. The van der Waals surface area contributed by atoms with Gasteiger partial charge in [0, 0.05) is 24.8 Å². The third kappa shape index (κ3) is 5.41. The van der Waals surface area contributed by atoms with E-state index in [0.717, 1.165) is 42.0 Å². The Kier molecular flexibility index (Phi) is 8.51. The minimum atomic E-state index is -0.338. The third-order valence-electron chi connectivity index (χ3n) is 6.54. The van der Waals surface area contributed by atoms with Gasteiger partial charge in [0.1, 0.15) is 6.54 Å². The van der Waals surface area contributed by atoms with Gasteiger partial charge in [-0.15, -0.1) is 0 Å². The molecular weight excluding hydrogens is 402 g/mol. The smallest absolute Gasteiger partial charge is 0.340 e. The monoisotopic (exact) mass is 439 g/mol. The highest BCUT2D eigenvalue weighted by molar-refractivity contribution is 5.95. The van der Waals surface area contributed by atoms with Gasteiger partial charge in [-0.25, -0.2) is 4.79 Å². The number of rotatable bonds is 9. The van der Waals surface area contributed by atoms with Crippen molar-refractivity contribution in [3.05, 3.63) is 47.2 Å². The van der Waals surface area contributed by atoms with Crippen molar-refractivity contribution in [2.45, 2.75) is 66.0 Å². The maximum atomic E-state index is 12.9. The molecular formula is C26H37N3O3. The first kappa shape index (κ1) is 24.1. The van der Waals surface area contributed by atoms with Gasteiger partial charge in [0.25, 0.3) is 0 Å². The first-order valence-corrected chi connectivity index (χ1v) is 11.9. The number of benzene rings is 1. The summed E-state index contributed by atoms with van der Waals surface area (Å²) in [7, 11) is 0. The highest BCUT2D eigenvalue weighted by atomic mass is 16.5. The van der Waals surface area contributed by atoms with Gasteiger partial charge in [0.15, 0.2) is 0 Å². The summed E-state index contributed by atoms with van der Waals surface area (Å²) in [5, 5.41) is 3.09. The molecule has 2 heterocycles. The predicted octanol–water partition coefficient (Wildman–Crippen LogP) is 4.33. The van der Waals surface area contributed by atoms with Crippen LogP contribution in [0.4, 0.5) is 0 Å². The number of amides is 1. The van der Waals surface area contributed by atoms with Crippen molar-refractivity contribution in [3.63, 3.8) is 0 Å². The topological polar surface area (TPSA) is 63.6 Å². The number of piperidine rings is 1. The van der Waals surface area contributed by atoms with Crippen molar-refractivity contribution >= 4 is 11.9 Å². The zero-order chi connectivity index (χ0) is 23.1. The van der Waals surface area contributed by atoms with Crippen molar-refractivity contribution in [1.29, 1.82) is 0 Å². The molecule has 1 aromatic heterocycles. The number of carbonyl (C=O) groups is 2. The molecule has 0 spiro atoms. The number of nitrogens with one attached hydrogen (secondary N) is 1.